The number of carbonyl (C=O) groups excluding carboxylic acids is 2. The van der Waals surface area contributed by atoms with Crippen LogP contribution < -0.4 is 0 Å². The van der Waals surface area contributed by atoms with Gasteiger partial charge >= 0.3 is 0 Å². The highest BCUT2D eigenvalue weighted by Gasteiger charge is 2.39. The van der Waals surface area contributed by atoms with E-state index in [0.717, 1.165) is 64.6 Å². The Morgan fingerprint density at radius 1 is 0.875 bits per heavy atom. The van der Waals surface area contributed by atoms with Crippen LogP contribution in [0, 0.1) is 5.92 Å². The van der Waals surface area contributed by atoms with Gasteiger partial charge in [-0.05, 0) is 56.1 Å². The average Bonchev–Trinajstić information content (AvgIpc) is 3.31. The van der Waals surface area contributed by atoms with Crippen molar-refractivity contribution in [3.05, 3.63) is 35.4 Å². The maximum Gasteiger partial charge on any atom is 0.245 e. The lowest BCUT2D eigenvalue weighted by Crippen LogP contribution is -2.49. The monoisotopic (exact) mass is 326 g/mol. The molecule has 1 aromatic carbocycles. The molecule has 24 heavy (non-hydrogen) atoms. The molecule has 2 fully saturated rings. The molecule has 3 aliphatic rings. The first-order chi connectivity index (χ1) is 11.7. The lowest BCUT2D eigenvalue weighted by Gasteiger charge is -2.32. The number of aryl methyl sites for hydroxylation is 1. The average molecular weight is 326 g/mol. The number of hydrogen-bond donors (Lipinski definition) is 0. The first-order valence-corrected chi connectivity index (χ1v) is 9.40. The van der Waals surface area contributed by atoms with E-state index >= 15 is 0 Å². The van der Waals surface area contributed by atoms with Crippen molar-refractivity contribution in [1.82, 2.24) is 9.80 Å². The minimum absolute atomic E-state index is 0.0480. The fourth-order valence-electron chi connectivity index (χ4n) is 4.58. The van der Waals surface area contributed by atoms with Gasteiger partial charge in [-0.2, -0.15) is 0 Å². The van der Waals surface area contributed by atoms with Gasteiger partial charge < -0.3 is 9.80 Å². The van der Waals surface area contributed by atoms with E-state index in [1.165, 1.54) is 11.1 Å². The fraction of sp³-hybridized carbons (Fsp3) is 0.600. The molecular formula is C20H26N2O2. The Hall–Kier alpha value is -1.84. The number of fused-ring (bicyclic) bond motifs is 1. The number of amides is 2. The van der Waals surface area contributed by atoms with Gasteiger partial charge in [-0.15, -0.1) is 0 Å². The molecule has 4 rings (SSSR count). The van der Waals surface area contributed by atoms with Gasteiger partial charge in [0.05, 0.1) is 0 Å². The SMILES string of the molecule is O=C([C@@H]1CCCN1C(=O)C1CCc2ccccc2C1)N1CCCC1. The maximum absolute atomic E-state index is 13.1. The molecule has 1 aliphatic carbocycles. The molecule has 2 aliphatic heterocycles. The van der Waals surface area contributed by atoms with Crippen molar-refractivity contribution >= 4 is 11.8 Å². The standard InChI is InChI=1S/C20H26N2O2/c23-19(17-10-9-15-6-1-2-7-16(15)14-17)22-13-5-8-18(22)20(24)21-11-3-4-12-21/h1-2,6-7,17-18H,3-5,8-14H2/t17?,18-/m0/s1. The van der Waals surface area contributed by atoms with Gasteiger partial charge in [0.2, 0.25) is 11.8 Å². The molecule has 128 valence electrons. The molecule has 0 aromatic heterocycles. The zero-order valence-corrected chi connectivity index (χ0v) is 14.2. The summed E-state index contributed by atoms with van der Waals surface area (Å²) in [4.78, 5) is 29.7. The topological polar surface area (TPSA) is 40.6 Å². The van der Waals surface area contributed by atoms with Crippen LogP contribution in [-0.4, -0.2) is 47.3 Å². The van der Waals surface area contributed by atoms with Gasteiger partial charge in [0.25, 0.3) is 0 Å². The molecule has 1 unspecified atom stereocenters. The molecule has 2 saturated heterocycles. The summed E-state index contributed by atoms with van der Waals surface area (Å²) in [5.74, 6) is 0.445. The Labute approximate surface area is 143 Å². The highest BCUT2D eigenvalue weighted by molar-refractivity contribution is 5.89. The van der Waals surface area contributed by atoms with Gasteiger partial charge in [-0.25, -0.2) is 0 Å². The summed E-state index contributed by atoms with van der Waals surface area (Å²) in [6.07, 6.45) is 6.72. The Morgan fingerprint density at radius 3 is 2.42 bits per heavy atom. The molecule has 4 heteroatoms. The van der Waals surface area contributed by atoms with Crippen LogP contribution in [0.3, 0.4) is 0 Å². The number of hydrogen-bond acceptors (Lipinski definition) is 2. The van der Waals surface area contributed by atoms with Crippen LogP contribution in [0.5, 0.6) is 0 Å². The van der Waals surface area contributed by atoms with E-state index in [2.05, 4.69) is 24.3 Å². The largest absolute Gasteiger partial charge is 0.341 e. The van der Waals surface area contributed by atoms with Crippen molar-refractivity contribution in [2.45, 2.75) is 51.0 Å². The highest BCUT2D eigenvalue weighted by Crippen LogP contribution is 2.30. The van der Waals surface area contributed by atoms with Gasteiger partial charge in [0.1, 0.15) is 6.04 Å². The summed E-state index contributed by atoms with van der Waals surface area (Å²) in [6.45, 7) is 2.49. The minimum atomic E-state index is -0.201. The number of carbonyl (C=O) groups is 2. The fourth-order valence-corrected chi connectivity index (χ4v) is 4.58. The van der Waals surface area contributed by atoms with Crippen molar-refractivity contribution in [3.63, 3.8) is 0 Å². The predicted molar refractivity (Wildman–Crippen MR) is 92.5 cm³/mol. The lowest BCUT2D eigenvalue weighted by atomic mass is 9.83. The van der Waals surface area contributed by atoms with E-state index in [1.54, 1.807) is 0 Å². The third-order valence-corrected chi connectivity index (χ3v) is 5.93. The Kier molecular flexibility index (Phi) is 4.30. The van der Waals surface area contributed by atoms with E-state index in [9.17, 15) is 9.59 Å². The van der Waals surface area contributed by atoms with Crippen molar-refractivity contribution in [2.75, 3.05) is 19.6 Å². The minimum Gasteiger partial charge on any atom is -0.341 e. The van der Waals surface area contributed by atoms with Crippen LogP contribution >= 0.6 is 0 Å². The number of nitrogens with zero attached hydrogens (tertiary/aromatic N) is 2. The van der Waals surface area contributed by atoms with Crippen LogP contribution in [0.2, 0.25) is 0 Å². The lowest BCUT2D eigenvalue weighted by molar-refractivity contribution is -0.145. The number of likely N-dealkylation sites (tertiary alicyclic amines) is 2. The van der Waals surface area contributed by atoms with Crippen LogP contribution in [-0.2, 0) is 22.4 Å². The van der Waals surface area contributed by atoms with Crippen LogP contribution in [0.1, 0.15) is 43.2 Å². The first kappa shape index (κ1) is 15.7. The molecule has 2 atom stereocenters. The van der Waals surface area contributed by atoms with Crippen LogP contribution in [0.25, 0.3) is 0 Å². The summed E-state index contributed by atoms with van der Waals surface area (Å²) in [5.41, 5.74) is 2.69. The Bertz CT molecular complexity index is 636. The molecule has 0 saturated carbocycles. The van der Waals surface area contributed by atoms with E-state index in [-0.39, 0.29) is 23.8 Å². The van der Waals surface area contributed by atoms with Crippen molar-refractivity contribution < 1.29 is 9.59 Å². The second-order valence-corrected chi connectivity index (χ2v) is 7.43. The summed E-state index contributed by atoms with van der Waals surface area (Å²) in [5, 5.41) is 0. The quantitative estimate of drug-likeness (QED) is 0.837. The van der Waals surface area contributed by atoms with Gasteiger partial charge in [-0.3, -0.25) is 9.59 Å². The molecule has 0 N–H and O–H groups in total. The van der Waals surface area contributed by atoms with E-state index in [1.807, 2.05) is 9.80 Å². The molecule has 2 amide bonds. The predicted octanol–water partition coefficient (Wildman–Crippen LogP) is 2.40. The molecule has 1 aromatic rings. The van der Waals surface area contributed by atoms with Crippen LogP contribution in [0.4, 0.5) is 0 Å². The van der Waals surface area contributed by atoms with E-state index in [4.69, 9.17) is 0 Å². The zero-order valence-electron chi connectivity index (χ0n) is 14.2. The van der Waals surface area contributed by atoms with E-state index in [0.29, 0.717) is 0 Å². The van der Waals surface area contributed by atoms with Gasteiger partial charge in [0.15, 0.2) is 0 Å². The van der Waals surface area contributed by atoms with Crippen molar-refractivity contribution in [3.8, 4) is 0 Å². The third kappa shape index (κ3) is 2.83. The van der Waals surface area contributed by atoms with Crippen LogP contribution in [0.15, 0.2) is 24.3 Å². The molecule has 2 heterocycles. The Morgan fingerprint density at radius 2 is 1.62 bits per heavy atom. The maximum atomic E-state index is 13.1. The first-order valence-electron chi connectivity index (χ1n) is 9.40. The Balaban J connectivity index is 1.46. The molecule has 0 radical (unpaired) electrons. The zero-order chi connectivity index (χ0) is 16.5. The molecule has 0 bridgehead atoms. The van der Waals surface area contributed by atoms with Crippen molar-refractivity contribution in [2.24, 2.45) is 5.92 Å². The number of benzene rings is 1. The number of rotatable bonds is 2. The smallest absolute Gasteiger partial charge is 0.245 e. The second kappa shape index (κ2) is 6.58. The normalized spacial score (nSPS) is 26.5. The van der Waals surface area contributed by atoms with Crippen molar-refractivity contribution in [1.29, 1.82) is 0 Å². The summed E-state index contributed by atoms with van der Waals surface area (Å²) in [7, 11) is 0. The molecular weight excluding hydrogens is 300 g/mol. The van der Waals surface area contributed by atoms with Gasteiger partial charge in [-0.1, -0.05) is 24.3 Å². The summed E-state index contributed by atoms with van der Waals surface area (Å²) in [6, 6.07) is 8.25. The molecule has 0 spiro atoms. The molecule has 4 nitrogen and oxygen atoms in total. The van der Waals surface area contributed by atoms with E-state index < -0.39 is 0 Å². The second-order valence-electron chi connectivity index (χ2n) is 7.43. The summed E-state index contributed by atoms with van der Waals surface area (Å²) >= 11 is 0. The third-order valence-electron chi connectivity index (χ3n) is 5.93. The van der Waals surface area contributed by atoms with Gasteiger partial charge in [0, 0.05) is 25.6 Å². The highest BCUT2D eigenvalue weighted by atomic mass is 16.2. The summed E-state index contributed by atoms with van der Waals surface area (Å²) < 4.78 is 0.